The van der Waals surface area contributed by atoms with Gasteiger partial charge in [-0.15, -0.1) is 0 Å². The van der Waals surface area contributed by atoms with Crippen LogP contribution in [0.15, 0.2) is 30.3 Å². The van der Waals surface area contributed by atoms with Crippen LogP contribution in [0.25, 0.3) is 10.9 Å². The van der Waals surface area contributed by atoms with Gasteiger partial charge in [0.25, 0.3) is 0 Å². The van der Waals surface area contributed by atoms with E-state index in [1.807, 2.05) is 28.5 Å². The third kappa shape index (κ3) is 1.65. The lowest BCUT2D eigenvalue weighted by Crippen LogP contribution is -2.34. The van der Waals surface area contributed by atoms with Crippen molar-refractivity contribution >= 4 is 25.1 Å². The minimum atomic E-state index is -1.72. The number of aromatic carboxylic acids is 1. The molecule has 1 aromatic carbocycles. The fraction of sp³-hybridized carbons (Fsp3) is 0.250. The lowest BCUT2D eigenvalue weighted by Gasteiger charge is -2.22. The van der Waals surface area contributed by atoms with Crippen molar-refractivity contribution in [1.82, 2.24) is 4.23 Å². The van der Waals surface area contributed by atoms with Crippen LogP contribution in [0.3, 0.4) is 0 Å². The minimum absolute atomic E-state index is 0.403. The topological polar surface area (TPSA) is 42.2 Å². The van der Waals surface area contributed by atoms with Gasteiger partial charge in [-0.25, -0.2) is 4.79 Å². The van der Waals surface area contributed by atoms with Crippen molar-refractivity contribution in [2.75, 3.05) is 0 Å². The predicted molar refractivity (Wildman–Crippen MR) is 67.6 cm³/mol. The van der Waals surface area contributed by atoms with Crippen LogP contribution in [0.1, 0.15) is 10.5 Å². The molecule has 0 saturated carbocycles. The molecule has 4 heteroatoms. The van der Waals surface area contributed by atoms with Gasteiger partial charge in [-0.2, -0.15) is 0 Å². The number of carboxylic acid groups (broad SMARTS) is 1. The highest BCUT2D eigenvalue weighted by Gasteiger charge is 2.24. The maximum absolute atomic E-state index is 11.2. The van der Waals surface area contributed by atoms with Gasteiger partial charge in [-0.1, -0.05) is 37.8 Å². The van der Waals surface area contributed by atoms with Gasteiger partial charge in [0.2, 0.25) is 0 Å². The summed E-state index contributed by atoms with van der Waals surface area (Å²) in [4.78, 5) is 11.2. The summed E-state index contributed by atoms with van der Waals surface area (Å²) in [7, 11) is -1.72. The molecule has 0 bridgehead atoms. The largest absolute Gasteiger partial charge is 0.477 e. The van der Waals surface area contributed by atoms with E-state index in [4.69, 9.17) is 0 Å². The first-order valence-corrected chi connectivity index (χ1v) is 8.70. The summed E-state index contributed by atoms with van der Waals surface area (Å²) in [5, 5.41) is 10.2. The maximum atomic E-state index is 11.2. The second-order valence-corrected chi connectivity index (χ2v) is 9.69. The van der Waals surface area contributed by atoms with Crippen LogP contribution in [0.4, 0.5) is 0 Å². The molecule has 0 aliphatic heterocycles. The highest BCUT2D eigenvalue weighted by molar-refractivity contribution is 6.75. The van der Waals surface area contributed by atoms with E-state index >= 15 is 0 Å². The monoisotopic (exact) mass is 233 g/mol. The molecule has 0 aliphatic rings. The average Bonchev–Trinajstić information content (AvgIpc) is 2.55. The van der Waals surface area contributed by atoms with Gasteiger partial charge in [0.05, 0.1) is 0 Å². The molecule has 0 radical (unpaired) electrons. The van der Waals surface area contributed by atoms with Crippen LogP contribution < -0.4 is 0 Å². The number of aromatic nitrogens is 1. The zero-order valence-electron chi connectivity index (χ0n) is 9.69. The van der Waals surface area contributed by atoms with Crippen molar-refractivity contribution in [2.24, 2.45) is 0 Å². The summed E-state index contributed by atoms with van der Waals surface area (Å²) < 4.78 is 2.00. The molecule has 0 saturated heterocycles. The van der Waals surface area contributed by atoms with E-state index in [-0.39, 0.29) is 0 Å². The smallest absolute Gasteiger partial charge is 0.351 e. The molecule has 84 valence electrons. The van der Waals surface area contributed by atoms with E-state index in [1.165, 1.54) is 0 Å². The molecule has 0 aliphatic carbocycles. The number of hydrogen-bond donors (Lipinski definition) is 1. The molecule has 0 atom stereocenters. The molecule has 1 aromatic heterocycles. The van der Waals surface area contributed by atoms with Gasteiger partial charge in [0.1, 0.15) is 5.69 Å². The first kappa shape index (κ1) is 10.9. The normalized spacial score (nSPS) is 11.9. The van der Waals surface area contributed by atoms with E-state index < -0.39 is 14.2 Å². The molecule has 0 fully saturated rings. The number of hydrogen-bond acceptors (Lipinski definition) is 1. The summed E-state index contributed by atoms with van der Waals surface area (Å²) >= 11 is 0. The van der Waals surface area contributed by atoms with Gasteiger partial charge in [-0.05, 0) is 17.5 Å². The number of para-hydroxylation sites is 1. The summed E-state index contributed by atoms with van der Waals surface area (Å²) in [6, 6.07) is 9.58. The van der Waals surface area contributed by atoms with Gasteiger partial charge in [0.15, 0.2) is 8.24 Å². The number of nitrogens with zero attached hydrogens (tertiary/aromatic N) is 1. The molecule has 2 aromatic rings. The zero-order chi connectivity index (χ0) is 11.9. The molecule has 0 unspecified atom stereocenters. The van der Waals surface area contributed by atoms with Gasteiger partial charge in [-0.3, -0.25) is 0 Å². The second kappa shape index (κ2) is 3.49. The second-order valence-electron chi connectivity index (χ2n) is 4.90. The molecule has 1 heterocycles. The van der Waals surface area contributed by atoms with Gasteiger partial charge in [0, 0.05) is 5.52 Å². The molecule has 2 rings (SSSR count). The highest BCUT2D eigenvalue weighted by atomic mass is 28.3. The Kier molecular flexibility index (Phi) is 2.39. The van der Waals surface area contributed by atoms with E-state index in [9.17, 15) is 9.90 Å². The Bertz CT molecular complexity index is 552. The SMILES string of the molecule is C[Si](C)(C)n1c(C(=O)O)cc2ccccc21. The van der Waals surface area contributed by atoms with Crippen LogP contribution in [0.5, 0.6) is 0 Å². The van der Waals surface area contributed by atoms with Crippen LogP contribution in [0, 0.1) is 0 Å². The Morgan fingerprint density at radius 1 is 1.25 bits per heavy atom. The van der Waals surface area contributed by atoms with Crippen LogP contribution >= 0.6 is 0 Å². The lowest BCUT2D eigenvalue weighted by atomic mass is 10.2. The Labute approximate surface area is 95.4 Å². The van der Waals surface area contributed by atoms with Crippen molar-refractivity contribution in [3.63, 3.8) is 0 Å². The fourth-order valence-electron chi connectivity index (χ4n) is 2.03. The summed E-state index contributed by atoms with van der Waals surface area (Å²) in [6.45, 7) is 6.43. The van der Waals surface area contributed by atoms with Crippen LogP contribution in [-0.4, -0.2) is 23.5 Å². The summed E-state index contributed by atoms with van der Waals surface area (Å²) in [5.74, 6) is -0.848. The third-order valence-electron chi connectivity index (χ3n) is 2.60. The Morgan fingerprint density at radius 3 is 2.44 bits per heavy atom. The predicted octanol–water partition coefficient (Wildman–Crippen LogP) is 3.02. The molecule has 0 spiro atoms. The van der Waals surface area contributed by atoms with E-state index in [1.54, 1.807) is 6.07 Å². The van der Waals surface area contributed by atoms with Crippen molar-refractivity contribution in [3.8, 4) is 0 Å². The molecule has 1 N–H and O–H groups in total. The number of benzene rings is 1. The molecular weight excluding hydrogens is 218 g/mol. The highest BCUT2D eigenvalue weighted by Crippen LogP contribution is 2.24. The van der Waals surface area contributed by atoms with Crippen molar-refractivity contribution in [2.45, 2.75) is 19.6 Å². The van der Waals surface area contributed by atoms with E-state index in [2.05, 4.69) is 19.6 Å². The van der Waals surface area contributed by atoms with Crippen molar-refractivity contribution < 1.29 is 9.90 Å². The molecular formula is C12H15NO2Si. The Hall–Kier alpha value is -1.55. The van der Waals surface area contributed by atoms with Gasteiger partial charge >= 0.3 is 5.97 Å². The first-order valence-electron chi connectivity index (χ1n) is 5.25. The summed E-state index contributed by atoms with van der Waals surface area (Å²) in [6.07, 6.45) is 0. The number of carboxylic acids is 1. The molecule has 3 nitrogen and oxygen atoms in total. The molecule has 16 heavy (non-hydrogen) atoms. The first-order chi connectivity index (χ1) is 7.41. The Balaban J connectivity index is 2.85. The number of rotatable bonds is 2. The lowest BCUT2D eigenvalue weighted by molar-refractivity contribution is 0.0689. The van der Waals surface area contributed by atoms with Crippen LogP contribution in [0.2, 0.25) is 19.6 Å². The Morgan fingerprint density at radius 2 is 1.88 bits per heavy atom. The number of carbonyl (C=O) groups is 1. The standard InChI is InChI=1S/C12H15NO2Si/c1-16(2,3)13-10-7-5-4-6-9(10)8-11(13)12(14)15/h4-8H,1-3H3,(H,14,15). The van der Waals surface area contributed by atoms with Crippen LogP contribution in [-0.2, 0) is 0 Å². The average molecular weight is 233 g/mol. The number of fused-ring (bicyclic) bond motifs is 1. The zero-order valence-corrected chi connectivity index (χ0v) is 10.7. The fourth-order valence-corrected chi connectivity index (χ4v) is 3.84. The van der Waals surface area contributed by atoms with Crippen molar-refractivity contribution in [1.29, 1.82) is 0 Å². The van der Waals surface area contributed by atoms with E-state index in [0.717, 1.165) is 10.9 Å². The molecule has 0 amide bonds. The van der Waals surface area contributed by atoms with Crippen molar-refractivity contribution in [3.05, 3.63) is 36.0 Å². The van der Waals surface area contributed by atoms with E-state index in [0.29, 0.717) is 5.69 Å². The minimum Gasteiger partial charge on any atom is -0.477 e. The summed E-state index contributed by atoms with van der Waals surface area (Å²) in [5.41, 5.74) is 1.43. The maximum Gasteiger partial charge on any atom is 0.351 e. The van der Waals surface area contributed by atoms with Gasteiger partial charge < -0.3 is 9.34 Å². The quantitative estimate of drug-likeness (QED) is 0.810. The third-order valence-corrected chi connectivity index (χ3v) is 4.42.